The van der Waals surface area contributed by atoms with Gasteiger partial charge >= 0.3 is 0 Å². The van der Waals surface area contributed by atoms with E-state index in [1.165, 1.54) is 35.6 Å². The predicted octanol–water partition coefficient (Wildman–Crippen LogP) is 2.73. The van der Waals surface area contributed by atoms with Gasteiger partial charge in [-0.3, -0.25) is 19.0 Å². The number of hydrogen-bond donors (Lipinski definition) is 4. The summed E-state index contributed by atoms with van der Waals surface area (Å²) in [5.41, 5.74) is 1.15. The van der Waals surface area contributed by atoms with Crippen LogP contribution in [0.15, 0.2) is 83.0 Å². The van der Waals surface area contributed by atoms with Gasteiger partial charge in [0.25, 0.3) is 5.56 Å². The van der Waals surface area contributed by atoms with Crippen LogP contribution in [0.3, 0.4) is 0 Å². The molecule has 1 aromatic heterocycles. The zero-order chi connectivity index (χ0) is 26.6. The Morgan fingerprint density at radius 2 is 1.78 bits per heavy atom. The summed E-state index contributed by atoms with van der Waals surface area (Å²) in [4.78, 5) is 42.9. The van der Waals surface area contributed by atoms with Gasteiger partial charge in [0, 0.05) is 18.1 Å². The number of amides is 1. The van der Waals surface area contributed by atoms with Gasteiger partial charge in [0.05, 0.1) is 24.6 Å². The van der Waals surface area contributed by atoms with Crippen molar-refractivity contribution >= 4 is 40.7 Å². The maximum atomic E-state index is 13.3. The van der Waals surface area contributed by atoms with Crippen molar-refractivity contribution in [1.29, 1.82) is 5.41 Å². The second-order valence-corrected chi connectivity index (χ2v) is 9.05. The van der Waals surface area contributed by atoms with E-state index in [2.05, 4.69) is 20.8 Å². The second kappa shape index (κ2) is 13.7. The molecule has 2 aromatic carbocycles. The van der Waals surface area contributed by atoms with E-state index in [9.17, 15) is 14.4 Å². The molecule has 0 fully saturated rings. The normalized spacial score (nSPS) is 12.0. The lowest BCUT2D eigenvalue weighted by molar-refractivity contribution is -0.126. The van der Waals surface area contributed by atoms with E-state index in [4.69, 9.17) is 10.6 Å². The molecule has 0 spiro atoms. The van der Waals surface area contributed by atoms with Crippen molar-refractivity contribution in [2.24, 2.45) is 5.16 Å². The number of oxime groups is 1. The molecule has 0 saturated carbocycles. The van der Waals surface area contributed by atoms with Gasteiger partial charge in [-0.1, -0.05) is 65.8 Å². The van der Waals surface area contributed by atoms with Gasteiger partial charge in [-0.15, -0.1) is 11.8 Å². The van der Waals surface area contributed by atoms with Crippen LogP contribution in [0.5, 0.6) is 0 Å². The number of carbonyl (C=O) groups excluding carboxylic acids is 2. The molecular formula is C26H28N6O4S. The highest BCUT2D eigenvalue weighted by Crippen LogP contribution is 2.17. The van der Waals surface area contributed by atoms with E-state index in [0.717, 1.165) is 5.56 Å². The molecular weight excluding hydrogens is 492 g/mol. The number of carbonyl (C=O) groups is 2. The van der Waals surface area contributed by atoms with Crippen molar-refractivity contribution in [2.75, 3.05) is 24.2 Å². The third-order valence-electron chi connectivity index (χ3n) is 5.32. The molecule has 10 nitrogen and oxygen atoms in total. The number of benzene rings is 2. The Bertz CT molecular complexity index is 1310. The molecule has 0 radical (unpaired) electrons. The molecule has 0 saturated heterocycles. The molecule has 192 valence electrons. The van der Waals surface area contributed by atoms with Gasteiger partial charge < -0.3 is 21.3 Å². The summed E-state index contributed by atoms with van der Waals surface area (Å²) in [6, 6.07) is 17.5. The Morgan fingerprint density at radius 1 is 1.11 bits per heavy atom. The molecule has 0 aliphatic carbocycles. The van der Waals surface area contributed by atoms with Gasteiger partial charge in [0.15, 0.2) is 11.6 Å². The Kier molecular flexibility index (Phi) is 10.1. The predicted molar refractivity (Wildman–Crippen MR) is 145 cm³/mol. The van der Waals surface area contributed by atoms with Crippen molar-refractivity contribution < 1.29 is 14.8 Å². The first kappa shape index (κ1) is 27.3. The highest BCUT2D eigenvalue weighted by molar-refractivity contribution is 7.99. The number of nitrogens with zero attached hydrogens (tertiary/aromatic N) is 3. The molecule has 0 bridgehead atoms. The minimum Gasteiger partial charge on any atom is -0.411 e. The fourth-order valence-corrected chi connectivity index (χ4v) is 4.28. The molecule has 1 heterocycles. The minimum atomic E-state index is -1.04. The number of aromatic nitrogens is 2. The highest BCUT2D eigenvalue weighted by atomic mass is 32.2. The summed E-state index contributed by atoms with van der Waals surface area (Å²) in [6.45, 7) is 1.18. The minimum absolute atomic E-state index is 0.0272. The quantitative estimate of drug-likeness (QED) is 0.154. The molecule has 3 aromatic rings. The van der Waals surface area contributed by atoms with Crippen molar-refractivity contribution in [3.63, 3.8) is 0 Å². The van der Waals surface area contributed by atoms with Gasteiger partial charge in [-0.05, 0) is 18.1 Å². The molecule has 11 heteroatoms. The summed E-state index contributed by atoms with van der Waals surface area (Å²) in [6.07, 6.45) is 2.76. The molecule has 37 heavy (non-hydrogen) atoms. The summed E-state index contributed by atoms with van der Waals surface area (Å²) >= 11 is 1.47. The van der Waals surface area contributed by atoms with E-state index in [1.807, 2.05) is 30.3 Å². The third-order valence-corrected chi connectivity index (χ3v) is 6.38. The van der Waals surface area contributed by atoms with Crippen LogP contribution in [0.1, 0.15) is 24.1 Å². The summed E-state index contributed by atoms with van der Waals surface area (Å²) in [5.74, 6) is 0.209. The number of thioether (sulfide) groups is 1. The van der Waals surface area contributed by atoms with Crippen molar-refractivity contribution in [1.82, 2.24) is 14.9 Å². The number of hydrogen-bond acceptors (Lipinski definition) is 9. The molecule has 0 aliphatic heterocycles. The van der Waals surface area contributed by atoms with Crippen LogP contribution in [0.2, 0.25) is 0 Å². The number of anilines is 1. The Balaban J connectivity index is 1.72. The lowest BCUT2D eigenvalue weighted by atomic mass is 10.1. The molecule has 0 aliphatic rings. The SMILES string of the molecule is CC(=N)/C(CNc1nccn(C(C(=O)NCC(=O)CSCc2ccccc2)c2ccccc2)c1=O)=N\O. The van der Waals surface area contributed by atoms with Crippen LogP contribution in [0, 0.1) is 5.41 Å². The first-order valence-electron chi connectivity index (χ1n) is 11.4. The Labute approximate surface area is 218 Å². The van der Waals surface area contributed by atoms with Gasteiger partial charge in [-0.2, -0.15) is 0 Å². The largest absolute Gasteiger partial charge is 0.411 e. The summed E-state index contributed by atoms with van der Waals surface area (Å²) in [7, 11) is 0. The highest BCUT2D eigenvalue weighted by Gasteiger charge is 2.25. The maximum Gasteiger partial charge on any atom is 0.294 e. The number of rotatable bonds is 13. The number of Topliss-reactive ketones (excluding diaryl/α,β-unsaturated/α-hetero) is 1. The average Bonchev–Trinajstić information content (AvgIpc) is 2.91. The Hall–Kier alpha value is -4.25. The van der Waals surface area contributed by atoms with E-state index in [1.54, 1.807) is 30.3 Å². The number of nitrogens with one attached hydrogen (secondary N) is 3. The monoisotopic (exact) mass is 520 g/mol. The number of ketones is 1. The first-order valence-corrected chi connectivity index (χ1v) is 12.6. The zero-order valence-corrected chi connectivity index (χ0v) is 21.1. The summed E-state index contributed by atoms with van der Waals surface area (Å²) < 4.78 is 1.22. The smallest absolute Gasteiger partial charge is 0.294 e. The fourth-order valence-electron chi connectivity index (χ4n) is 3.42. The van der Waals surface area contributed by atoms with E-state index in [0.29, 0.717) is 11.3 Å². The van der Waals surface area contributed by atoms with Crippen LogP contribution < -0.4 is 16.2 Å². The van der Waals surface area contributed by atoms with Crippen molar-refractivity contribution in [3.8, 4) is 0 Å². The van der Waals surface area contributed by atoms with Crippen LogP contribution >= 0.6 is 11.8 Å². The second-order valence-electron chi connectivity index (χ2n) is 8.06. The average molecular weight is 521 g/mol. The van der Waals surface area contributed by atoms with Crippen LogP contribution in [-0.4, -0.2) is 56.7 Å². The Morgan fingerprint density at radius 3 is 2.43 bits per heavy atom. The van der Waals surface area contributed by atoms with Gasteiger partial charge in [0.2, 0.25) is 5.91 Å². The van der Waals surface area contributed by atoms with Crippen molar-refractivity contribution in [2.45, 2.75) is 18.7 Å². The fraction of sp³-hybridized carbons (Fsp3) is 0.231. The molecule has 1 amide bonds. The molecule has 4 N–H and O–H groups in total. The summed E-state index contributed by atoms with van der Waals surface area (Å²) in [5, 5.41) is 25.1. The maximum absolute atomic E-state index is 13.3. The van der Waals surface area contributed by atoms with Crippen LogP contribution in [-0.2, 0) is 15.3 Å². The standard InChI is InChI=1S/C26H28N6O4S/c1-18(27)22(31-36)15-29-24-26(35)32(13-12-28-24)23(20-10-6-3-7-11-20)25(34)30-14-21(33)17-37-16-19-8-4-2-5-9-19/h2-13,23,27,36H,14-17H2,1H3,(H,28,29)(H,30,34)/b27-18?,31-22-. The van der Waals surface area contributed by atoms with E-state index >= 15 is 0 Å². The first-order chi connectivity index (χ1) is 17.9. The van der Waals surface area contributed by atoms with Crippen LogP contribution in [0.4, 0.5) is 5.82 Å². The van der Waals surface area contributed by atoms with Crippen LogP contribution in [0.25, 0.3) is 0 Å². The molecule has 1 unspecified atom stereocenters. The van der Waals surface area contributed by atoms with E-state index < -0.39 is 17.5 Å². The zero-order valence-electron chi connectivity index (χ0n) is 20.3. The van der Waals surface area contributed by atoms with Gasteiger partial charge in [-0.25, -0.2) is 4.98 Å². The molecule has 3 rings (SSSR count). The van der Waals surface area contributed by atoms with E-state index in [-0.39, 0.29) is 41.9 Å². The third kappa shape index (κ3) is 7.87. The molecule has 1 atom stereocenters. The van der Waals surface area contributed by atoms with Crippen molar-refractivity contribution in [3.05, 3.63) is 94.5 Å². The lowest BCUT2D eigenvalue weighted by Crippen LogP contribution is -2.41. The van der Waals surface area contributed by atoms with Gasteiger partial charge in [0.1, 0.15) is 11.8 Å². The topological polar surface area (TPSA) is 150 Å². The lowest BCUT2D eigenvalue weighted by Gasteiger charge is -2.20.